The molecule has 5 heteroatoms. The lowest BCUT2D eigenvalue weighted by atomic mass is 9.96. The zero-order chi connectivity index (χ0) is 15.6. The van der Waals surface area contributed by atoms with Gasteiger partial charge >= 0.3 is 0 Å². The maximum atomic E-state index is 8.91. The number of nitrogens with zero attached hydrogens (tertiary/aromatic N) is 3. The Hall–Kier alpha value is -1.67. The molecule has 4 rings (SSSR count). The van der Waals surface area contributed by atoms with Crippen molar-refractivity contribution in [3.63, 3.8) is 0 Å². The largest absolute Gasteiger partial charge is 0.474 e. The number of rotatable bonds is 4. The quantitative estimate of drug-likeness (QED) is 0.814. The molecule has 2 heterocycles. The Bertz CT molecular complexity index is 743. The third kappa shape index (κ3) is 2.81. The zero-order valence-electron chi connectivity index (χ0n) is 13.3. The molecule has 4 nitrogen and oxygen atoms in total. The molecule has 1 saturated carbocycles. The predicted molar refractivity (Wildman–Crippen MR) is 90.8 cm³/mol. The van der Waals surface area contributed by atoms with Gasteiger partial charge in [0, 0.05) is 11.3 Å². The van der Waals surface area contributed by atoms with Gasteiger partial charge in [-0.1, -0.05) is 6.42 Å². The van der Waals surface area contributed by atoms with E-state index in [4.69, 9.17) is 10.00 Å². The monoisotopic (exact) mass is 327 g/mol. The van der Waals surface area contributed by atoms with E-state index in [2.05, 4.69) is 16.0 Å². The Kier molecular flexibility index (Phi) is 4.17. The minimum Gasteiger partial charge on any atom is -0.474 e. The highest BCUT2D eigenvalue weighted by atomic mass is 32.1. The van der Waals surface area contributed by atoms with Crippen LogP contribution >= 0.6 is 11.3 Å². The summed E-state index contributed by atoms with van der Waals surface area (Å²) >= 11 is 1.79. The highest BCUT2D eigenvalue weighted by Gasteiger charge is 2.30. The lowest BCUT2D eigenvalue weighted by Gasteiger charge is -2.23. The molecule has 0 saturated heterocycles. The Morgan fingerprint density at radius 2 is 2.09 bits per heavy atom. The van der Waals surface area contributed by atoms with Crippen LogP contribution in [0.5, 0.6) is 5.88 Å². The van der Waals surface area contributed by atoms with Crippen molar-refractivity contribution in [2.45, 2.75) is 69.8 Å². The van der Waals surface area contributed by atoms with Crippen molar-refractivity contribution in [2.24, 2.45) is 0 Å². The fraction of sp³-hybridized carbons (Fsp3) is 0.611. The van der Waals surface area contributed by atoms with E-state index in [9.17, 15) is 0 Å². The molecule has 0 amide bonds. The van der Waals surface area contributed by atoms with E-state index in [0.29, 0.717) is 18.4 Å². The van der Waals surface area contributed by atoms with Crippen LogP contribution < -0.4 is 4.74 Å². The molecule has 1 atom stereocenters. The Morgan fingerprint density at radius 1 is 1.22 bits per heavy atom. The van der Waals surface area contributed by atoms with E-state index in [1.165, 1.54) is 29.7 Å². The van der Waals surface area contributed by atoms with Gasteiger partial charge in [0.05, 0.1) is 11.5 Å². The van der Waals surface area contributed by atoms with Crippen LogP contribution in [0.4, 0.5) is 0 Å². The first-order chi connectivity index (χ1) is 11.4. The van der Waals surface area contributed by atoms with Crippen LogP contribution in [0.3, 0.4) is 0 Å². The zero-order valence-corrected chi connectivity index (χ0v) is 14.1. The van der Waals surface area contributed by atoms with Gasteiger partial charge in [-0.15, -0.1) is 11.3 Å². The van der Waals surface area contributed by atoms with Gasteiger partial charge in [-0.3, -0.25) is 0 Å². The molecular weight excluding hydrogens is 306 g/mol. The maximum Gasteiger partial charge on any atom is 0.225 e. The SMILES string of the molecule is N#CCC[C@H]1CCc2sc3ncnc(OC4CCCCC4)c3c21. The van der Waals surface area contributed by atoms with Crippen molar-refractivity contribution >= 4 is 21.6 Å². The molecule has 0 aliphatic heterocycles. The number of hydrogen-bond donors (Lipinski definition) is 0. The van der Waals surface area contributed by atoms with Crippen molar-refractivity contribution in [3.8, 4) is 11.9 Å². The van der Waals surface area contributed by atoms with Gasteiger partial charge in [-0.2, -0.15) is 5.26 Å². The minimum atomic E-state index is 0.302. The molecule has 1 fully saturated rings. The normalized spacial score (nSPS) is 21.3. The number of ether oxygens (including phenoxy) is 1. The van der Waals surface area contributed by atoms with Crippen LogP contribution in [-0.2, 0) is 6.42 Å². The summed E-state index contributed by atoms with van der Waals surface area (Å²) in [7, 11) is 0. The number of fused-ring (bicyclic) bond motifs is 3. The second-order valence-electron chi connectivity index (χ2n) is 6.61. The van der Waals surface area contributed by atoms with Crippen LogP contribution in [0.25, 0.3) is 10.2 Å². The van der Waals surface area contributed by atoms with Crippen molar-refractivity contribution in [1.82, 2.24) is 9.97 Å². The second kappa shape index (κ2) is 6.45. The molecule has 120 valence electrons. The summed E-state index contributed by atoms with van der Waals surface area (Å²) in [6.07, 6.45) is 11.9. The molecule has 2 aliphatic rings. The third-order valence-electron chi connectivity index (χ3n) is 5.13. The summed E-state index contributed by atoms with van der Waals surface area (Å²) in [5, 5.41) is 10.1. The fourth-order valence-corrected chi connectivity index (χ4v) is 5.23. The molecule has 2 aliphatic carbocycles. The minimum absolute atomic E-state index is 0.302. The molecule has 0 radical (unpaired) electrons. The first kappa shape index (κ1) is 14.9. The molecular formula is C18H21N3OS. The molecule has 0 bridgehead atoms. The lowest BCUT2D eigenvalue weighted by molar-refractivity contribution is 0.150. The van der Waals surface area contributed by atoms with Crippen molar-refractivity contribution in [2.75, 3.05) is 0 Å². The van der Waals surface area contributed by atoms with Gasteiger partial charge < -0.3 is 4.74 Å². The smallest absolute Gasteiger partial charge is 0.225 e. The van der Waals surface area contributed by atoms with Gasteiger partial charge in [0.2, 0.25) is 5.88 Å². The standard InChI is InChI=1S/C18H21N3OS/c19-10-4-5-12-8-9-14-15(12)16-17(20-11-21-18(16)23-14)22-13-6-2-1-3-7-13/h11-13H,1-9H2/t12-/m0/s1. The average molecular weight is 327 g/mol. The van der Waals surface area contributed by atoms with Crippen LogP contribution in [0, 0.1) is 11.3 Å². The van der Waals surface area contributed by atoms with Crippen molar-refractivity contribution < 1.29 is 4.74 Å². The van der Waals surface area contributed by atoms with E-state index < -0.39 is 0 Å². The second-order valence-corrected chi connectivity index (χ2v) is 7.69. The molecule has 0 aromatic carbocycles. The van der Waals surface area contributed by atoms with Crippen LogP contribution in [-0.4, -0.2) is 16.1 Å². The molecule has 0 unspecified atom stereocenters. The average Bonchev–Trinajstić information content (AvgIpc) is 3.13. The van der Waals surface area contributed by atoms with Gasteiger partial charge in [0.25, 0.3) is 0 Å². The lowest BCUT2D eigenvalue weighted by Crippen LogP contribution is -2.20. The Balaban J connectivity index is 1.69. The highest BCUT2D eigenvalue weighted by molar-refractivity contribution is 7.19. The Morgan fingerprint density at radius 3 is 2.91 bits per heavy atom. The van der Waals surface area contributed by atoms with Gasteiger partial charge in [-0.05, 0) is 56.4 Å². The first-order valence-corrected chi connectivity index (χ1v) is 9.48. The molecule has 23 heavy (non-hydrogen) atoms. The van der Waals surface area contributed by atoms with Crippen molar-refractivity contribution in [1.29, 1.82) is 5.26 Å². The number of aromatic nitrogens is 2. The number of aryl methyl sites for hydroxylation is 1. The van der Waals surface area contributed by atoms with E-state index in [0.717, 1.165) is 48.2 Å². The number of thiophene rings is 1. The predicted octanol–water partition coefficient (Wildman–Crippen LogP) is 4.74. The van der Waals surface area contributed by atoms with Crippen LogP contribution in [0.1, 0.15) is 67.7 Å². The first-order valence-electron chi connectivity index (χ1n) is 8.66. The molecule has 2 aromatic heterocycles. The van der Waals surface area contributed by atoms with Crippen LogP contribution in [0.2, 0.25) is 0 Å². The maximum absolute atomic E-state index is 8.91. The molecule has 0 N–H and O–H groups in total. The van der Waals surface area contributed by atoms with Crippen LogP contribution in [0.15, 0.2) is 6.33 Å². The molecule has 0 spiro atoms. The summed E-state index contributed by atoms with van der Waals surface area (Å²) in [6.45, 7) is 0. The van der Waals surface area contributed by atoms with E-state index >= 15 is 0 Å². The summed E-state index contributed by atoms with van der Waals surface area (Å²) in [5.74, 6) is 1.25. The van der Waals surface area contributed by atoms with E-state index in [1.807, 2.05) is 0 Å². The summed E-state index contributed by atoms with van der Waals surface area (Å²) < 4.78 is 6.30. The van der Waals surface area contributed by atoms with E-state index in [-0.39, 0.29) is 0 Å². The summed E-state index contributed by atoms with van der Waals surface area (Å²) in [4.78, 5) is 11.4. The van der Waals surface area contributed by atoms with Gasteiger partial charge in [-0.25, -0.2) is 9.97 Å². The summed E-state index contributed by atoms with van der Waals surface area (Å²) in [5.41, 5.74) is 1.38. The number of nitriles is 1. The molecule has 2 aromatic rings. The number of hydrogen-bond acceptors (Lipinski definition) is 5. The fourth-order valence-electron chi connectivity index (χ4n) is 4.00. The topological polar surface area (TPSA) is 58.8 Å². The van der Waals surface area contributed by atoms with Gasteiger partial charge in [0.1, 0.15) is 17.3 Å². The Labute approximate surface area is 140 Å². The third-order valence-corrected chi connectivity index (χ3v) is 6.30. The van der Waals surface area contributed by atoms with Gasteiger partial charge in [0.15, 0.2) is 0 Å². The highest BCUT2D eigenvalue weighted by Crippen LogP contribution is 2.47. The summed E-state index contributed by atoms with van der Waals surface area (Å²) in [6, 6.07) is 2.29. The van der Waals surface area contributed by atoms with Crippen molar-refractivity contribution in [3.05, 3.63) is 16.8 Å². The van der Waals surface area contributed by atoms with E-state index in [1.54, 1.807) is 17.7 Å².